The molecule has 2 rings (SSSR count). The number of thiophene rings is 1. The molecule has 0 saturated heterocycles. The molecule has 0 aliphatic heterocycles. The SMILES string of the molecule is Cc1nn(C(C)(C)C)cc1C(C)NCC(C)(O)c1ccsc1. The molecule has 2 aromatic rings. The largest absolute Gasteiger partial charge is 0.384 e. The van der Waals surface area contributed by atoms with Gasteiger partial charge in [0, 0.05) is 24.3 Å². The Morgan fingerprint density at radius 3 is 2.55 bits per heavy atom. The van der Waals surface area contributed by atoms with Gasteiger partial charge in [0.1, 0.15) is 5.60 Å². The van der Waals surface area contributed by atoms with Crippen LogP contribution < -0.4 is 5.32 Å². The summed E-state index contributed by atoms with van der Waals surface area (Å²) in [5, 5.41) is 22.6. The first-order valence-corrected chi connectivity index (χ1v) is 8.60. The smallest absolute Gasteiger partial charge is 0.100 e. The standard InChI is InChI=1S/C17H27N3OS/c1-12(15-9-20(16(3,4)5)19-13(15)2)18-11-17(6,21)14-7-8-22-10-14/h7-10,12,18,21H,11H2,1-6H3. The van der Waals surface area contributed by atoms with Crippen molar-refractivity contribution in [2.75, 3.05) is 6.54 Å². The van der Waals surface area contributed by atoms with Crippen LogP contribution in [0, 0.1) is 6.92 Å². The van der Waals surface area contributed by atoms with Crippen molar-refractivity contribution in [1.82, 2.24) is 15.1 Å². The summed E-state index contributed by atoms with van der Waals surface area (Å²) in [5.41, 5.74) is 2.29. The van der Waals surface area contributed by atoms with Gasteiger partial charge in [-0.15, -0.1) is 0 Å². The van der Waals surface area contributed by atoms with E-state index in [0.29, 0.717) is 6.54 Å². The lowest BCUT2D eigenvalue weighted by Gasteiger charge is -2.25. The topological polar surface area (TPSA) is 50.1 Å². The number of nitrogens with one attached hydrogen (secondary N) is 1. The molecule has 0 radical (unpaired) electrons. The lowest BCUT2D eigenvalue weighted by molar-refractivity contribution is 0.0548. The fraction of sp³-hybridized carbons (Fsp3) is 0.588. The van der Waals surface area contributed by atoms with Crippen LogP contribution in [0.2, 0.25) is 0 Å². The second-order valence-electron chi connectivity index (χ2n) is 7.17. The van der Waals surface area contributed by atoms with Crippen LogP contribution in [-0.2, 0) is 11.1 Å². The van der Waals surface area contributed by atoms with Gasteiger partial charge < -0.3 is 10.4 Å². The van der Waals surface area contributed by atoms with Crippen LogP contribution in [0.4, 0.5) is 0 Å². The summed E-state index contributed by atoms with van der Waals surface area (Å²) in [4.78, 5) is 0. The van der Waals surface area contributed by atoms with Gasteiger partial charge >= 0.3 is 0 Å². The number of hydrogen-bond donors (Lipinski definition) is 2. The molecular weight excluding hydrogens is 294 g/mol. The van der Waals surface area contributed by atoms with E-state index in [9.17, 15) is 5.11 Å². The molecule has 0 fully saturated rings. The molecule has 4 nitrogen and oxygen atoms in total. The Labute approximate surface area is 137 Å². The second kappa shape index (κ2) is 6.14. The summed E-state index contributed by atoms with van der Waals surface area (Å²) >= 11 is 1.60. The van der Waals surface area contributed by atoms with Gasteiger partial charge in [-0.05, 0) is 63.9 Å². The van der Waals surface area contributed by atoms with E-state index < -0.39 is 5.60 Å². The number of aliphatic hydroxyl groups is 1. The molecule has 2 aromatic heterocycles. The highest BCUT2D eigenvalue weighted by molar-refractivity contribution is 7.08. The Kier molecular flexibility index (Phi) is 4.80. The van der Waals surface area contributed by atoms with Gasteiger partial charge in [0.25, 0.3) is 0 Å². The first-order chi connectivity index (χ1) is 10.1. The van der Waals surface area contributed by atoms with Crippen molar-refractivity contribution in [3.8, 4) is 0 Å². The Balaban J connectivity index is 2.07. The van der Waals surface area contributed by atoms with Crippen LogP contribution in [0.15, 0.2) is 23.0 Å². The van der Waals surface area contributed by atoms with Gasteiger partial charge in [-0.1, -0.05) is 0 Å². The van der Waals surface area contributed by atoms with Crippen molar-refractivity contribution < 1.29 is 5.11 Å². The lowest BCUT2D eigenvalue weighted by Crippen LogP contribution is -2.36. The fourth-order valence-corrected chi connectivity index (χ4v) is 3.16. The van der Waals surface area contributed by atoms with E-state index in [1.165, 1.54) is 5.56 Å². The maximum Gasteiger partial charge on any atom is 0.100 e. The molecule has 0 bridgehead atoms. The predicted octanol–water partition coefficient (Wildman–Crippen LogP) is 3.57. The van der Waals surface area contributed by atoms with E-state index in [1.807, 2.05) is 35.4 Å². The molecule has 2 unspecified atom stereocenters. The highest BCUT2D eigenvalue weighted by Crippen LogP contribution is 2.25. The van der Waals surface area contributed by atoms with Crippen molar-refractivity contribution in [2.45, 2.75) is 58.7 Å². The van der Waals surface area contributed by atoms with Crippen LogP contribution in [0.5, 0.6) is 0 Å². The monoisotopic (exact) mass is 321 g/mol. The Morgan fingerprint density at radius 1 is 1.36 bits per heavy atom. The number of hydrogen-bond acceptors (Lipinski definition) is 4. The molecule has 5 heteroatoms. The molecule has 2 atom stereocenters. The molecule has 22 heavy (non-hydrogen) atoms. The molecule has 0 amide bonds. The third kappa shape index (κ3) is 3.77. The van der Waals surface area contributed by atoms with Crippen LogP contribution >= 0.6 is 11.3 Å². The van der Waals surface area contributed by atoms with Crippen LogP contribution in [-0.4, -0.2) is 21.4 Å². The van der Waals surface area contributed by atoms with Crippen molar-refractivity contribution in [1.29, 1.82) is 0 Å². The van der Waals surface area contributed by atoms with Gasteiger partial charge in [-0.3, -0.25) is 4.68 Å². The van der Waals surface area contributed by atoms with Crippen molar-refractivity contribution in [3.05, 3.63) is 39.8 Å². The maximum absolute atomic E-state index is 10.6. The van der Waals surface area contributed by atoms with E-state index >= 15 is 0 Å². The van der Waals surface area contributed by atoms with Gasteiger partial charge in [0.15, 0.2) is 0 Å². The predicted molar refractivity (Wildman–Crippen MR) is 92.3 cm³/mol. The molecule has 2 heterocycles. The summed E-state index contributed by atoms with van der Waals surface area (Å²) in [5.74, 6) is 0. The Morgan fingerprint density at radius 2 is 2.05 bits per heavy atom. The van der Waals surface area contributed by atoms with Gasteiger partial charge in [-0.2, -0.15) is 16.4 Å². The van der Waals surface area contributed by atoms with Crippen LogP contribution in [0.3, 0.4) is 0 Å². The molecule has 0 saturated carbocycles. The summed E-state index contributed by atoms with van der Waals surface area (Å²) in [6.45, 7) is 12.9. The van der Waals surface area contributed by atoms with E-state index in [2.05, 4.69) is 44.3 Å². The minimum absolute atomic E-state index is 0.0229. The zero-order chi connectivity index (χ0) is 16.5. The van der Waals surface area contributed by atoms with Crippen molar-refractivity contribution in [2.24, 2.45) is 0 Å². The summed E-state index contributed by atoms with van der Waals surface area (Å²) < 4.78 is 2.01. The molecule has 122 valence electrons. The fourth-order valence-electron chi connectivity index (χ4n) is 2.38. The maximum atomic E-state index is 10.6. The molecule has 2 N–H and O–H groups in total. The van der Waals surface area contributed by atoms with Gasteiger partial charge in [-0.25, -0.2) is 0 Å². The minimum Gasteiger partial charge on any atom is -0.384 e. The van der Waals surface area contributed by atoms with E-state index in [1.54, 1.807) is 11.3 Å². The first-order valence-electron chi connectivity index (χ1n) is 7.66. The molecular formula is C17H27N3OS. The van der Waals surface area contributed by atoms with E-state index in [0.717, 1.165) is 11.3 Å². The van der Waals surface area contributed by atoms with Crippen LogP contribution in [0.25, 0.3) is 0 Å². The quantitative estimate of drug-likeness (QED) is 0.885. The van der Waals surface area contributed by atoms with E-state index in [-0.39, 0.29) is 11.6 Å². The third-order valence-electron chi connectivity index (χ3n) is 3.99. The second-order valence-corrected chi connectivity index (χ2v) is 7.95. The van der Waals surface area contributed by atoms with Crippen molar-refractivity contribution in [3.63, 3.8) is 0 Å². The molecule has 0 aromatic carbocycles. The zero-order valence-corrected chi connectivity index (χ0v) is 15.2. The van der Waals surface area contributed by atoms with Crippen LogP contribution in [0.1, 0.15) is 57.5 Å². The first kappa shape index (κ1) is 17.2. The number of nitrogens with zero attached hydrogens (tertiary/aromatic N) is 2. The van der Waals surface area contributed by atoms with Gasteiger partial charge in [0.2, 0.25) is 0 Å². The minimum atomic E-state index is -0.859. The summed E-state index contributed by atoms with van der Waals surface area (Å²) in [7, 11) is 0. The number of rotatable bonds is 5. The van der Waals surface area contributed by atoms with Crippen molar-refractivity contribution >= 4 is 11.3 Å². The van der Waals surface area contributed by atoms with Gasteiger partial charge in [0.05, 0.1) is 11.2 Å². The molecule has 0 aliphatic carbocycles. The Hall–Kier alpha value is -1.17. The third-order valence-corrected chi connectivity index (χ3v) is 4.67. The van der Waals surface area contributed by atoms with E-state index in [4.69, 9.17) is 0 Å². The molecule has 0 aliphatic rings. The average Bonchev–Trinajstić information content (AvgIpc) is 3.04. The zero-order valence-electron chi connectivity index (χ0n) is 14.3. The highest BCUT2D eigenvalue weighted by atomic mass is 32.1. The lowest BCUT2D eigenvalue weighted by atomic mass is 9.98. The Bertz CT molecular complexity index is 608. The summed E-state index contributed by atoms with van der Waals surface area (Å²) in [6.07, 6.45) is 2.10. The highest BCUT2D eigenvalue weighted by Gasteiger charge is 2.25. The molecule has 0 spiro atoms. The number of aromatic nitrogens is 2. The number of aryl methyl sites for hydroxylation is 1. The average molecular weight is 321 g/mol. The normalized spacial score (nSPS) is 16.5. The summed E-state index contributed by atoms with van der Waals surface area (Å²) in [6, 6.07) is 2.11.